The summed E-state index contributed by atoms with van der Waals surface area (Å²) in [6.07, 6.45) is 2.46. The first-order valence-electron chi connectivity index (χ1n) is 7.16. The van der Waals surface area contributed by atoms with E-state index in [0.717, 1.165) is 44.7 Å². The number of guanidine groups is 1. The zero-order valence-electron chi connectivity index (χ0n) is 12.8. The molecular weight excluding hydrogens is 353 g/mol. The van der Waals surface area contributed by atoms with Gasteiger partial charge in [0.25, 0.3) is 0 Å². The first kappa shape index (κ1) is 19.0. The Bertz CT molecular complexity index is 265. The lowest BCUT2D eigenvalue weighted by atomic mass is 9.89. The molecule has 0 aliphatic carbocycles. The third kappa shape index (κ3) is 7.97. The molecule has 5 heteroatoms. The van der Waals surface area contributed by atoms with Crippen LogP contribution in [0.1, 0.15) is 40.5 Å². The molecule has 1 saturated heterocycles. The Kier molecular flexibility index (Phi) is 9.78. The third-order valence-electron chi connectivity index (χ3n) is 3.11. The number of nitrogens with zero attached hydrogens (tertiary/aromatic N) is 1. The van der Waals surface area contributed by atoms with Crippen molar-refractivity contribution in [2.45, 2.75) is 40.5 Å². The van der Waals surface area contributed by atoms with Crippen LogP contribution in [0.15, 0.2) is 4.99 Å². The van der Waals surface area contributed by atoms with Crippen molar-refractivity contribution in [3.05, 3.63) is 0 Å². The Morgan fingerprint density at radius 1 is 1.32 bits per heavy atom. The Hall–Kier alpha value is -0.0400. The monoisotopic (exact) mass is 383 g/mol. The standard InChI is InChI=1S/C14H29N3O.HI/c1-5-15-13(16-8-6-7-12(2)3)17-9-14(4)10-18-11-14;/h12H,5-11H2,1-4H3,(H2,15,16,17);1H. The maximum absolute atomic E-state index is 5.24. The van der Waals surface area contributed by atoms with Gasteiger partial charge >= 0.3 is 0 Å². The van der Waals surface area contributed by atoms with Crippen molar-refractivity contribution in [3.8, 4) is 0 Å². The molecule has 0 spiro atoms. The maximum Gasteiger partial charge on any atom is 0.191 e. The Balaban J connectivity index is 0.00000324. The molecule has 0 atom stereocenters. The zero-order chi connectivity index (χ0) is 13.4. The van der Waals surface area contributed by atoms with Crippen LogP contribution in [0, 0.1) is 11.3 Å². The Morgan fingerprint density at radius 2 is 2.00 bits per heavy atom. The molecule has 0 aromatic rings. The van der Waals surface area contributed by atoms with Gasteiger partial charge in [0.05, 0.1) is 19.8 Å². The number of aliphatic imine (C=N–C) groups is 1. The van der Waals surface area contributed by atoms with Crippen LogP contribution in [0.2, 0.25) is 0 Å². The molecule has 1 heterocycles. The van der Waals surface area contributed by atoms with Gasteiger partial charge in [0, 0.05) is 18.5 Å². The van der Waals surface area contributed by atoms with Crippen molar-refractivity contribution < 1.29 is 4.74 Å². The van der Waals surface area contributed by atoms with E-state index in [1.54, 1.807) is 0 Å². The van der Waals surface area contributed by atoms with Crippen LogP contribution in [-0.2, 0) is 4.74 Å². The number of hydrogen-bond acceptors (Lipinski definition) is 2. The molecule has 0 radical (unpaired) electrons. The van der Waals surface area contributed by atoms with Crippen LogP contribution in [0.3, 0.4) is 0 Å². The number of hydrogen-bond donors (Lipinski definition) is 2. The van der Waals surface area contributed by atoms with Crippen LogP contribution in [0.5, 0.6) is 0 Å². The van der Waals surface area contributed by atoms with E-state index in [2.05, 4.69) is 43.3 Å². The van der Waals surface area contributed by atoms with Crippen LogP contribution in [-0.4, -0.2) is 38.8 Å². The van der Waals surface area contributed by atoms with Gasteiger partial charge < -0.3 is 15.4 Å². The van der Waals surface area contributed by atoms with Crippen molar-refractivity contribution in [1.82, 2.24) is 10.6 Å². The molecule has 0 aromatic carbocycles. The van der Waals surface area contributed by atoms with Crippen molar-refractivity contribution in [2.75, 3.05) is 32.8 Å². The second kappa shape index (κ2) is 9.80. The minimum Gasteiger partial charge on any atom is -0.380 e. The SMILES string of the molecule is CCNC(=NCC1(C)COC1)NCCCC(C)C.I. The lowest BCUT2D eigenvalue weighted by molar-refractivity contribution is -0.0945. The van der Waals surface area contributed by atoms with Crippen molar-refractivity contribution in [2.24, 2.45) is 16.3 Å². The highest BCUT2D eigenvalue weighted by Crippen LogP contribution is 2.26. The quantitative estimate of drug-likeness (QED) is 0.308. The molecule has 2 N–H and O–H groups in total. The molecule has 4 nitrogen and oxygen atoms in total. The van der Waals surface area contributed by atoms with Gasteiger partial charge in [0.1, 0.15) is 0 Å². The van der Waals surface area contributed by atoms with Crippen LogP contribution in [0.4, 0.5) is 0 Å². The van der Waals surface area contributed by atoms with E-state index in [1.165, 1.54) is 12.8 Å². The predicted octanol–water partition coefficient (Wildman–Crippen LogP) is 2.63. The summed E-state index contributed by atoms with van der Waals surface area (Å²) in [6.45, 7) is 13.3. The maximum atomic E-state index is 5.24. The summed E-state index contributed by atoms with van der Waals surface area (Å²) in [5, 5.41) is 6.68. The van der Waals surface area contributed by atoms with E-state index >= 15 is 0 Å². The largest absolute Gasteiger partial charge is 0.380 e. The highest BCUT2D eigenvalue weighted by atomic mass is 127. The summed E-state index contributed by atoms with van der Waals surface area (Å²) in [7, 11) is 0. The molecule has 114 valence electrons. The number of halogens is 1. The van der Waals surface area contributed by atoms with Crippen LogP contribution in [0.25, 0.3) is 0 Å². The molecule has 0 unspecified atom stereocenters. The van der Waals surface area contributed by atoms with Crippen molar-refractivity contribution in [1.29, 1.82) is 0 Å². The van der Waals surface area contributed by atoms with Gasteiger partial charge in [-0.3, -0.25) is 4.99 Å². The molecule has 1 fully saturated rings. The van der Waals surface area contributed by atoms with Gasteiger partial charge in [0.15, 0.2) is 5.96 Å². The fourth-order valence-corrected chi connectivity index (χ4v) is 1.87. The van der Waals surface area contributed by atoms with Crippen LogP contribution >= 0.6 is 24.0 Å². The topological polar surface area (TPSA) is 45.7 Å². The normalized spacial score (nSPS) is 17.6. The average Bonchev–Trinajstić information content (AvgIpc) is 2.28. The van der Waals surface area contributed by atoms with Crippen molar-refractivity contribution in [3.63, 3.8) is 0 Å². The first-order chi connectivity index (χ1) is 8.56. The first-order valence-corrected chi connectivity index (χ1v) is 7.16. The highest BCUT2D eigenvalue weighted by molar-refractivity contribution is 14.0. The minimum absolute atomic E-state index is 0. The van der Waals surface area contributed by atoms with E-state index in [1.807, 2.05) is 0 Å². The van der Waals surface area contributed by atoms with E-state index in [-0.39, 0.29) is 29.4 Å². The molecule has 0 bridgehead atoms. The number of nitrogens with one attached hydrogen (secondary N) is 2. The Labute approximate surface area is 135 Å². The molecule has 0 amide bonds. The van der Waals surface area contributed by atoms with Gasteiger partial charge in [-0.05, 0) is 25.7 Å². The lowest BCUT2D eigenvalue weighted by Gasteiger charge is -2.36. The summed E-state index contributed by atoms with van der Waals surface area (Å²) < 4.78 is 5.24. The number of ether oxygens (including phenoxy) is 1. The van der Waals surface area contributed by atoms with Crippen LogP contribution < -0.4 is 10.6 Å². The molecule has 1 rings (SSSR count). The van der Waals surface area contributed by atoms with Gasteiger partial charge in [-0.15, -0.1) is 24.0 Å². The van der Waals surface area contributed by atoms with Gasteiger partial charge in [-0.1, -0.05) is 20.8 Å². The van der Waals surface area contributed by atoms with Gasteiger partial charge in [0.2, 0.25) is 0 Å². The second-order valence-electron chi connectivity index (χ2n) is 5.96. The molecule has 0 aromatic heterocycles. The lowest BCUT2D eigenvalue weighted by Crippen LogP contribution is -2.44. The summed E-state index contributed by atoms with van der Waals surface area (Å²) in [5.41, 5.74) is 0.250. The van der Waals surface area contributed by atoms with E-state index < -0.39 is 0 Å². The summed E-state index contributed by atoms with van der Waals surface area (Å²) in [6, 6.07) is 0. The molecule has 0 saturated carbocycles. The van der Waals surface area contributed by atoms with Gasteiger partial charge in [-0.25, -0.2) is 0 Å². The van der Waals surface area contributed by atoms with Gasteiger partial charge in [-0.2, -0.15) is 0 Å². The molecule has 19 heavy (non-hydrogen) atoms. The summed E-state index contributed by atoms with van der Waals surface area (Å²) >= 11 is 0. The van der Waals surface area contributed by atoms with E-state index in [0.29, 0.717) is 0 Å². The third-order valence-corrected chi connectivity index (χ3v) is 3.11. The summed E-state index contributed by atoms with van der Waals surface area (Å²) in [4.78, 5) is 4.64. The van der Waals surface area contributed by atoms with E-state index in [9.17, 15) is 0 Å². The smallest absolute Gasteiger partial charge is 0.191 e. The zero-order valence-corrected chi connectivity index (χ0v) is 15.1. The Morgan fingerprint density at radius 3 is 2.47 bits per heavy atom. The fraction of sp³-hybridized carbons (Fsp3) is 0.929. The highest BCUT2D eigenvalue weighted by Gasteiger charge is 2.33. The van der Waals surface area contributed by atoms with E-state index in [4.69, 9.17) is 4.74 Å². The second-order valence-corrected chi connectivity index (χ2v) is 5.96. The molecule has 1 aliphatic rings. The average molecular weight is 383 g/mol. The molecular formula is C14H30IN3O. The number of rotatable bonds is 7. The molecule has 1 aliphatic heterocycles. The fourth-order valence-electron chi connectivity index (χ4n) is 1.87. The van der Waals surface area contributed by atoms with Crippen molar-refractivity contribution >= 4 is 29.9 Å². The summed E-state index contributed by atoms with van der Waals surface area (Å²) in [5.74, 6) is 1.71. The minimum atomic E-state index is 0. The predicted molar refractivity (Wildman–Crippen MR) is 92.4 cm³/mol.